The van der Waals surface area contributed by atoms with Crippen LogP contribution in [0.25, 0.3) is 0 Å². The number of urea groups is 2. The average Bonchev–Trinajstić information content (AvgIpc) is 2.45. The number of aliphatic imine (C=N–C) groups is 1. The molecular weight excluding hydrogens is 272 g/mol. The minimum absolute atomic E-state index is 0.124. The van der Waals surface area contributed by atoms with Crippen molar-refractivity contribution in [1.29, 1.82) is 0 Å². The van der Waals surface area contributed by atoms with Crippen LogP contribution in [0.15, 0.2) is 4.99 Å². The summed E-state index contributed by atoms with van der Waals surface area (Å²) in [5.74, 6) is 0. The van der Waals surface area contributed by atoms with Crippen LogP contribution in [0, 0.1) is 0 Å². The number of unbranched alkanes of at least 4 members (excludes halogenated alkanes) is 5. The Kier molecular flexibility index (Phi) is 12.1. The molecule has 122 valence electrons. The maximum Gasteiger partial charge on any atom is 0.345 e. The lowest BCUT2D eigenvalue weighted by atomic mass is 10.1. The molecule has 3 N–H and O–H groups in total. The van der Waals surface area contributed by atoms with E-state index in [1.165, 1.54) is 32.8 Å². The normalized spacial score (nSPS) is 10.9. The summed E-state index contributed by atoms with van der Waals surface area (Å²) < 4.78 is 4.83. The van der Waals surface area contributed by atoms with E-state index in [1.807, 2.05) is 0 Å². The maximum absolute atomic E-state index is 11.5. The lowest BCUT2D eigenvalue weighted by molar-refractivity contribution is 0.242. The van der Waals surface area contributed by atoms with E-state index >= 15 is 0 Å². The topological polar surface area (TPSA) is 91.8 Å². The van der Waals surface area contributed by atoms with Gasteiger partial charge in [-0.2, -0.15) is 0 Å². The van der Waals surface area contributed by atoms with Crippen molar-refractivity contribution in [3.05, 3.63) is 0 Å². The van der Waals surface area contributed by atoms with E-state index in [9.17, 15) is 9.59 Å². The Hall–Kier alpha value is -1.79. The molecule has 0 atom stereocenters. The van der Waals surface area contributed by atoms with E-state index < -0.39 is 12.1 Å². The Balaban J connectivity index is 3.86. The quantitative estimate of drug-likeness (QED) is 0.365. The number of nitrogens with zero attached hydrogens (tertiary/aromatic N) is 1. The van der Waals surface area contributed by atoms with Crippen molar-refractivity contribution in [3.8, 4) is 0 Å². The van der Waals surface area contributed by atoms with Gasteiger partial charge >= 0.3 is 18.1 Å². The summed E-state index contributed by atoms with van der Waals surface area (Å²) in [6, 6.07) is -1.10. The predicted octanol–water partition coefficient (Wildman–Crippen LogP) is 2.38. The van der Waals surface area contributed by atoms with Crippen molar-refractivity contribution < 1.29 is 14.3 Å². The van der Waals surface area contributed by atoms with E-state index in [0.29, 0.717) is 13.1 Å². The number of nitrogens with one attached hydrogen (secondary N) is 3. The van der Waals surface area contributed by atoms with Crippen molar-refractivity contribution in [2.24, 2.45) is 4.99 Å². The molecule has 0 heterocycles. The Labute approximate surface area is 126 Å². The second-order valence-electron chi connectivity index (χ2n) is 4.61. The Bertz CT molecular complexity index is 332. The number of amides is 4. The Morgan fingerprint density at radius 2 is 1.67 bits per heavy atom. The number of rotatable bonds is 8. The van der Waals surface area contributed by atoms with Crippen LogP contribution in [0.2, 0.25) is 0 Å². The van der Waals surface area contributed by atoms with Crippen LogP contribution in [0.4, 0.5) is 9.59 Å². The highest BCUT2D eigenvalue weighted by molar-refractivity contribution is 5.98. The Morgan fingerprint density at radius 1 is 1.00 bits per heavy atom. The summed E-state index contributed by atoms with van der Waals surface area (Å²) in [5, 5.41) is 7.52. The van der Waals surface area contributed by atoms with E-state index in [-0.39, 0.29) is 6.02 Å². The minimum atomic E-state index is -0.516. The van der Waals surface area contributed by atoms with Gasteiger partial charge in [0.2, 0.25) is 0 Å². The average molecular weight is 300 g/mol. The van der Waals surface area contributed by atoms with Crippen molar-refractivity contribution in [3.63, 3.8) is 0 Å². The predicted molar refractivity (Wildman–Crippen MR) is 83.4 cm³/mol. The zero-order valence-electron chi connectivity index (χ0n) is 13.3. The van der Waals surface area contributed by atoms with Gasteiger partial charge in [-0.05, 0) is 13.3 Å². The van der Waals surface area contributed by atoms with Gasteiger partial charge in [-0.15, -0.1) is 4.99 Å². The largest absolute Gasteiger partial charge is 0.468 e. The second kappa shape index (κ2) is 13.2. The third-order valence-electron chi connectivity index (χ3n) is 2.76. The molecule has 0 aliphatic heterocycles. The molecule has 7 nitrogen and oxygen atoms in total. The fraction of sp³-hybridized carbons (Fsp3) is 0.786. The van der Waals surface area contributed by atoms with Gasteiger partial charge in [-0.25, -0.2) is 9.59 Å². The maximum atomic E-state index is 11.5. The fourth-order valence-electron chi connectivity index (χ4n) is 1.66. The fourth-order valence-corrected chi connectivity index (χ4v) is 1.66. The molecule has 0 aromatic rings. The lowest BCUT2D eigenvalue weighted by Gasteiger charge is -2.07. The SMILES string of the molecule is CCCCCCCCNC(=O)N=C(NC(=O)NCC)OC. The molecule has 7 heteroatoms. The van der Waals surface area contributed by atoms with Gasteiger partial charge in [0, 0.05) is 13.1 Å². The summed E-state index contributed by atoms with van der Waals surface area (Å²) in [6.07, 6.45) is 6.94. The Morgan fingerprint density at radius 3 is 2.29 bits per heavy atom. The van der Waals surface area contributed by atoms with Gasteiger partial charge in [-0.3, -0.25) is 5.32 Å². The van der Waals surface area contributed by atoms with Gasteiger partial charge in [0.05, 0.1) is 7.11 Å². The summed E-state index contributed by atoms with van der Waals surface area (Å²) in [6.45, 7) is 5.02. The van der Waals surface area contributed by atoms with E-state index in [1.54, 1.807) is 6.92 Å². The molecular formula is C14H28N4O3. The zero-order valence-corrected chi connectivity index (χ0v) is 13.3. The first kappa shape index (κ1) is 19.2. The molecule has 21 heavy (non-hydrogen) atoms. The standard InChI is InChI=1S/C14H28N4O3/c1-4-6-7-8-9-10-11-16-13(20)18-14(21-3)17-12(19)15-5-2/h4-11H2,1-3H3,(H3,15,16,17,18,19,20). The number of hydrogen-bond donors (Lipinski definition) is 3. The highest BCUT2D eigenvalue weighted by Crippen LogP contribution is 2.03. The molecule has 0 aliphatic carbocycles. The van der Waals surface area contributed by atoms with Gasteiger partial charge in [0.1, 0.15) is 0 Å². The molecule has 0 fully saturated rings. The molecule has 0 aromatic heterocycles. The highest BCUT2D eigenvalue weighted by atomic mass is 16.5. The number of carbonyl (C=O) groups is 2. The van der Waals surface area contributed by atoms with Gasteiger partial charge in [0.15, 0.2) is 0 Å². The molecule has 0 bridgehead atoms. The van der Waals surface area contributed by atoms with E-state index in [4.69, 9.17) is 4.74 Å². The molecule has 0 rings (SSSR count). The summed E-state index contributed by atoms with van der Waals surface area (Å²) in [7, 11) is 1.34. The number of ether oxygens (including phenoxy) is 1. The third kappa shape index (κ3) is 11.7. The number of amidine groups is 1. The van der Waals surface area contributed by atoms with Crippen LogP contribution in [-0.2, 0) is 4.74 Å². The van der Waals surface area contributed by atoms with Crippen LogP contribution >= 0.6 is 0 Å². The molecule has 0 aromatic carbocycles. The van der Waals surface area contributed by atoms with Crippen LogP contribution < -0.4 is 16.0 Å². The van der Waals surface area contributed by atoms with Crippen LogP contribution in [0.1, 0.15) is 52.4 Å². The number of carbonyl (C=O) groups excluding carboxylic acids is 2. The molecule has 4 amide bonds. The van der Waals surface area contributed by atoms with Crippen molar-refractivity contribution in [1.82, 2.24) is 16.0 Å². The molecule has 0 saturated heterocycles. The molecule has 0 saturated carbocycles. The van der Waals surface area contributed by atoms with Gasteiger partial charge in [0.25, 0.3) is 0 Å². The first-order valence-electron chi connectivity index (χ1n) is 7.59. The minimum Gasteiger partial charge on any atom is -0.468 e. The first-order valence-corrected chi connectivity index (χ1v) is 7.59. The first-order chi connectivity index (χ1) is 10.1. The van der Waals surface area contributed by atoms with Crippen molar-refractivity contribution in [2.75, 3.05) is 20.2 Å². The third-order valence-corrected chi connectivity index (χ3v) is 2.76. The molecule has 0 spiro atoms. The van der Waals surface area contributed by atoms with Crippen molar-refractivity contribution in [2.45, 2.75) is 52.4 Å². The monoisotopic (exact) mass is 300 g/mol. The zero-order chi connectivity index (χ0) is 15.9. The van der Waals surface area contributed by atoms with Gasteiger partial charge in [-0.1, -0.05) is 39.0 Å². The van der Waals surface area contributed by atoms with E-state index in [2.05, 4.69) is 27.9 Å². The summed E-state index contributed by atoms with van der Waals surface area (Å²) in [4.78, 5) is 26.4. The van der Waals surface area contributed by atoms with Crippen LogP contribution in [-0.4, -0.2) is 38.3 Å². The molecule has 0 unspecified atom stereocenters. The smallest absolute Gasteiger partial charge is 0.345 e. The summed E-state index contributed by atoms with van der Waals surface area (Å²) in [5.41, 5.74) is 0. The second-order valence-corrected chi connectivity index (χ2v) is 4.61. The van der Waals surface area contributed by atoms with E-state index in [0.717, 1.165) is 12.8 Å². The molecule has 0 aliphatic rings. The van der Waals surface area contributed by atoms with Crippen LogP contribution in [0.5, 0.6) is 0 Å². The van der Waals surface area contributed by atoms with Gasteiger partial charge < -0.3 is 15.4 Å². The van der Waals surface area contributed by atoms with Crippen LogP contribution in [0.3, 0.4) is 0 Å². The molecule has 0 radical (unpaired) electrons. The van der Waals surface area contributed by atoms with Crippen molar-refractivity contribution >= 4 is 18.1 Å². The highest BCUT2D eigenvalue weighted by Gasteiger charge is 2.07. The summed E-state index contributed by atoms with van der Waals surface area (Å²) >= 11 is 0. The number of methoxy groups -OCH3 is 1. The number of hydrogen-bond acceptors (Lipinski definition) is 3. The lowest BCUT2D eigenvalue weighted by Crippen LogP contribution is -2.41.